The van der Waals surface area contributed by atoms with Gasteiger partial charge in [-0.2, -0.15) is 0 Å². The maximum absolute atomic E-state index is 14.2. The van der Waals surface area contributed by atoms with Crippen LogP contribution in [0.5, 0.6) is 5.75 Å². The molecule has 2 unspecified atom stereocenters. The Morgan fingerprint density at radius 2 is 1.86 bits per heavy atom. The van der Waals surface area contributed by atoms with E-state index in [1.165, 1.54) is 11.0 Å². The van der Waals surface area contributed by atoms with E-state index < -0.39 is 11.7 Å². The number of benzene rings is 2. The lowest BCUT2D eigenvalue weighted by Gasteiger charge is -2.32. The SMILES string of the molecule is COc1ccc(N(C(=O)C2CC(=O)N(c3ccccc3F)C2)C(C)C2CC2)cc1. The Bertz CT molecular complexity index is 911. The van der Waals surface area contributed by atoms with E-state index in [1.807, 2.05) is 29.2 Å². The Labute approximate surface area is 170 Å². The third-order valence-corrected chi connectivity index (χ3v) is 5.92. The lowest BCUT2D eigenvalue weighted by atomic mass is 10.0. The molecule has 5 nitrogen and oxygen atoms in total. The number of amides is 2. The van der Waals surface area contributed by atoms with Gasteiger partial charge in [0.2, 0.25) is 11.8 Å². The molecule has 2 atom stereocenters. The summed E-state index contributed by atoms with van der Waals surface area (Å²) in [7, 11) is 1.60. The molecular weight excluding hydrogens is 371 g/mol. The first-order valence-electron chi connectivity index (χ1n) is 10.0. The van der Waals surface area contributed by atoms with Gasteiger partial charge in [-0.1, -0.05) is 12.1 Å². The van der Waals surface area contributed by atoms with Gasteiger partial charge >= 0.3 is 0 Å². The van der Waals surface area contributed by atoms with Crippen molar-refractivity contribution in [2.75, 3.05) is 23.5 Å². The fraction of sp³-hybridized carbons (Fsp3) is 0.391. The Balaban J connectivity index is 1.59. The summed E-state index contributed by atoms with van der Waals surface area (Å²) in [5.74, 6) is -0.0514. The number of para-hydroxylation sites is 1. The molecule has 2 aromatic rings. The smallest absolute Gasteiger partial charge is 0.232 e. The molecule has 1 aliphatic carbocycles. The van der Waals surface area contributed by atoms with Crippen LogP contribution in [0.15, 0.2) is 48.5 Å². The summed E-state index contributed by atoms with van der Waals surface area (Å²) in [6.45, 7) is 2.26. The molecule has 1 saturated heterocycles. The third kappa shape index (κ3) is 3.84. The quantitative estimate of drug-likeness (QED) is 0.741. The van der Waals surface area contributed by atoms with Crippen LogP contribution in [0.4, 0.5) is 15.8 Å². The van der Waals surface area contributed by atoms with Crippen molar-refractivity contribution in [3.8, 4) is 5.75 Å². The first-order chi connectivity index (χ1) is 14.0. The van der Waals surface area contributed by atoms with Gasteiger partial charge in [0.1, 0.15) is 11.6 Å². The van der Waals surface area contributed by atoms with E-state index in [9.17, 15) is 14.0 Å². The number of halogens is 1. The van der Waals surface area contributed by atoms with Crippen LogP contribution >= 0.6 is 0 Å². The number of anilines is 2. The van der Waals surface area contributed by atoms with Crippen molar-refractivity contribution in [3.63, 3.8) is 0 Å². The molecule has 1 aliphatic heterocycles. The molecule has 2 fully saturated rings. The maximum Gasteiger partial charge on any atom is 0.232 e. The lowest BCUT2D eigenvalue weighted by molar-refractivity contribution is -0.124. The largest absolute Gasteiger partial charge is 0.497 e. The normalized spacial score (nSPS) is 19.9. The molecule has 0 spiro atoms. The second-order valence-corrected chi connectivity index (χ2v) is 7.84. The molecule has 1 heterocycles. The predicted octanol–water partition coefficient (Wildman–Crippen LogP) is 4.02. The van der Waals surface area contributed by atoms with Crippen molar-refractivity contribution >= 4 is 23.2 Å². The van der Waals surface area contributed by atoms with Crippen LogP contribution in [0.1, 0.15) is 26.2 Å². The molecule has 0 N–H and O–H groups in total. The van der Waals surface area contributed by atoms with Gasteiger partial charge in [-0.3, -0.25) is 9.59 Å². The maximum atomic E-state index is 14.2. The molecule has 2 aliphatic rings. The zero-order valence-electron chi connectivity index (χ0n) is 16.7. The van der Waals surface area contributed by atoms with Crippen LogP contribution in [0, 0.1) is 17.7 Å². The standard InChI is InChI=1S/C23H25FN2O3/c1-15(16-7-8-16)26(18-9-11-19(29-2)12-10-18)23(28)17-13-22(27)25(14-17)21-6-4-3-5-20(21)24/h3-6,9-12,15-17H,7-8,13-14H2,1-2H3. The number of hydrogen-bond donors (Lipinski definition) is 0. The highest BCUT2D eigenvalue weighted by Gasteiger charge is 2.42. The summed E-state index contributed by atoms with van der Waals surface area (Å²) in [4.78, 5) is 29.3. The molecule has 0 aromatic heterocycles. The number of rotatable bonds is 6. The van der Waals surface area contributed by atoms with Crippen LogP contribution in [0.3, 0.4) is 0 Å². The van der Waals surface area contributed by atoms with Crippen LogP contribution in [-0.4, -0.2) is 31.5 Å². The summed E-state index contributed by atoms with van der Waals surface area (Å²) in [5, 5.41) is 0. The van der Waals surface area contributed by atoms with Gasteiger partial charge in [0.25, 0.3) is 0 Å². The van der Waals surface area contributed by atoms with Gasteiger partial charge in [0, 0.05) is 24.7 Å². The number of methoxy groups -OCH3 is 1. The van der Waals surface area contributed by atoms with Crippen molar-refractivity contribution in [2.45, 2.75) is 32.2 Å². The Hall–Kier alpha value is -2.89. The van der Waals surface area contributed by atoms with Crippen LogP contribution < -0.4 is 14.5 Å². The molecule has 6 heteroatoms. The van der Waals surface area contributed by atoms with E-state index in [4.69, 9.17) is 4.74 Å². The first kappa shape index (κ1) is 19.4. The van der Waals surface area contributed by atoms with Crippen molar-refractivity contribution < 1.29 is 18.7 Å². The predicted molar refractivity (Wildman–Crippen MR) is 110 cm³/mol. The zero-order chi connectivity index (χ0) is 20.5. The fourth-order valence-electron chi connectivity index (χ4n) is 4.07. The van der Waals surface area contributed by atoms with Gasteiger partial charge in [-0.05, 0) is 62.1 Å². The van der Waals surface area contributed by atoms with Gasteiger partial charge < -0.3 is 14.5 Å². The van der Waals surface area contributed by atoms with Crippen molar-refractivity contribution in [1.29, 1.82) is 0 Å². The Morgan fingerprint density at radius 1 is 1.17 bits per heavy atom. The van der Waals surface area contributed by atoms with Gasteiger partial charge in [0.15, 0.2) is 0 Å². The molecule has 0 bridgehead atoms. The summed E-state index contributed by atoms with van der Waals surface area (Å²) >= 11 is 0. The summed E-state index contributed by atoms with van der Waals surface area (Å²) in [5.41, 5.74) is 1.03. The van der Waals surface area contributed by atoms with Crippen molar-refractivity contribution in [2.24, 2.45) is 11.8 Å². The highest BCUT2D eigenvalue weighted by atomic mass is 19.1. The average Bonchev–Trinajstić information content (AvgIpc) is 3.51. The van der Waals surface area contributed by atoms with E-state index in [2.05, 4.69) is 6.92 Å². The molecule has 2 aromatic carbocycles. The van der Waals surface area contributed by atoms with E-state index in [1.54, 1.807) is 25.3 Å². The summed E-state index contributed by atoms with van der Waals surface area (Å²) in [6.07, 6.45) is 2.30. The van der Waals surface area contributed by atoms with Gasteiger partial charge in [0.05, 0.1) is 18.7 Å². The molecule has 4 rings (SSSR count). The first-order valence-corrected chi connectivity index (χ1v) is 10.0. The Kier molecular flexibility index (Phi) is 5.26. The molecular formula is C23H25FN2O3. The van der Waals surface area contributed by atoms with Crippen molar-refractivity contribution in [1.82, 2.24) is 0 Å². The number of ether oxygens (including phenoxy) is 1. The third-order valence-electron chi connectivity index (χ3n) is 5.92. The molecule has 29 heavy (non-hydrogen) atoms. The van der Waals surface area contributed by atoms with Gasteiger partial charge in [-0.15, -0.1) is 0 Å². The summed E-state index contributed by atoms with van der Waals surface area (Å²) in [6, 6.07) is 13.7. The minimum atomic E-state index is -0.495. The number of nitrogens with zero attached hydrogens (tertiary/aromatic N) is 2. The number of hydrogen-bond acceptors (Lipinski definition) is 3. The highest BCUT2D eigenvalue weighted by Crippen LogP contribution is 2.39. The zero-order valence-corrected chi connectivity index (χ0v) is 16.7. The second kappa shape index (κ2) is 7.85. The van der Waals surface area contributed by atoms with Crippen LogP contribution in [0.25, 0.3) is 0 Å². The monoisotopic (exact) mass is 396 g/mol. The van der Waals surface area contributed by atoms with Crippen LogP contribution in [-0.2, 0) is 9.59 Å². The topological polar surface area (TPSA) is 49.9 Å². The Morgan fingerprint density at radius 3 is 2.48 bits per heavy atom. The van der Waals surface area contributed by atoms with Gasteiger partial charge in [-0.25, -0.2) is 4.39 Å². The minimum Gasteiger partial charge on any atom is -0.497 e. The average molecular weight is 396 g/mol. The number of carbonyl (C=O) groups excluding carboxylic acids is 2. The van der Waals surface area contributed by atoms with E-state index in [-0.39, 0.29) is 36.5 Å². The van der Waals surface area contributed by atoms with E-state index in [0.29, 0.717) is 5.92 Å². The minimum absolute atomic E-state index is 0.0495. The molecule has 152 valence electrons. The van der Waals surface area contributed by atoms with E-state index in [0.717, 1.165) is 24.3 Å². The van der Waals surface area contributed by atoms with Crippen molar-refractivity contribution in [3.05, 3.63) is 54.3 Å². The second-order valence-electron chi connectivity index (χ2n) is 7.84. The highest BCUT2D eigenvalue weighted by molar-refractivity contribution is 6.04. The lowest BCUT2D eigenvalue weighted by Crippen LogP contribution is -2.44. The molecule has 0 radical (unpaired) electrons. The van der Waals surface area contributed by atoms with Crippen LogP contribution in [0.2, 0.25) is 0 Å². The molecule has 2 amide bonds. The fourth-order valence-corrected chi connectivity index (χ4v) is 4.07. The molecule has 1 saturated carbocycles. The summed E-state index contributed by atoms with van der Waals surface area (Å²) < 4.78 is 19.4. The van der Waals surface area contributed by atoms with E-state index >= 15 is 0 Å². The number of carbonyl (C=O) groups is 2.